The third-order valence-electron chi connectivity index (χ3n) is 3.20. The Bertz CT molecular complexity index is 691. The summed E-state index contributed by atoms with van der Waals surface area (Å²) in [5.74, 6) is 1.77. The maximum atomic E-state index is 5.21. The molecular formula is C16H17N3O. The monoisotopic (exact) mass is 267 g/mol. The molecule has 0 bridgehead atoms. The highest BCUT2D eigenvalue weighted by atomic mass is 16.5. The van der Waals surface area contributed by atoms with Gasteiger partial charge in [0.05, 0.1) is 24.7 Å². The van der Waals surface area contributed by atoms with Crippen molar-refractivity contribution in [1.29, 1.82) is 0 Å². The van der Waals surface area contributed by atoms with E-state index in [1.807, 2.05) is 36.4 Å². The van der Waals surface area contributed by atoms with Gasteiger partial charge in [-0.3, -0.25) is 0 Å². The average molecular weight is 267 g/mol. The Morgan fingerprint density at radius 2 is 1.95 bits per heavy atom. The van der Waals surface area contributed by atoms with Crippen LogP contribution in [0.3, 0.4) is 0 Å². The standard InChI is InChI=1S/C16H17N3O/c1-20-13-7-8-14-15(9-13)19-16(18-14)11-17-10-12-5-3-2-4-6-12/h2-9,17H,10-11H2,1H3,(H,18,19). The summed E-state index contributed by atoms with van der Waals surface area (Å²) in [5, 5.41) is 3.38. The number of rotatable bonds is 5. The van der Waals surface area contributed by atoms with Crippen molar-refractivity contribution in [2.75, 3.05) is 7.11 Å². The second-order valence-electron chi connectivity index (χ2n) is 4.66. The molecular weight excluding hydrogens is 250 g/mol. The molecule has 1 aromatic heterocycles. The van der Waals surface area contributed by atoms with Crippen molar-refractivity contribution in [3.63, 3.8) is 0 Å². The predicted molar refractivity (Wildman–Crippen MR) is 79.6 cm³/mol. The highest BCUT2D eigenvalue weighted by molar-refractivity contribution is 5.76. The van der Waals surface area contributed by atoms with Crippen molar-refractivity contribution >= 4 is 11.0 Å². The molecule has 2 N–H and O–H groups in total. The van der Waals surface area contributed by atoms with E-state index in [0.717, 1.165) is 29.2 Å². The minimum atomic E-state index is 0.714. The molecule has 0 amide bonds. The summed E-state index contributed by atoms with van der Waals surface area (Å²) in [6.07, 6.45) is 0. The summed E-state index contributed by atoms with van der Waals surface area (Å²) in [6.45, 7) is 1.55. The number of aromatic amines is 1. The highest BCUT2D eigenvalue weighted by Crippen LogP contribution is 2.18. The normalized spacial score (nSPS) is 10.8. The lowest BCUT2D eigenvalue weighted by molar-refractivity contribution is 0.415. The Balaban J connectivity index is 1.66. The summed E-state index contributed by atoms with van der Waals surface area (Å²) in [7, 11) is 1.67. The fourth-order valence-corrected chi connectivity index (χ4v) is 2.17. The molecule has 0 aliphatic heterocycles. The van der Waals surface area contributed by atoms with Crippen LogP contribution in [0.1, 0.15) is 11.4 Å². The van der Waals surface area contributed by atoms with Crippen molar-refractivity contribution in [2.45, 2.75) is 13.1 Å². The molecule has 3 rings (SSSR count). The van der Waals surface area contributed by atoms with E-state index >= 15 is 0 Å². The predicted octanol–water partition coefficient (Wildman–Crippen LogP) is 2.86. The number of benzene rings is 2. The third-order valence-corrected chi connectivity index (χ3v) is 3.20. The lowest BCUT2D eigenvalue weighted by Crippen LogP contribution is -2.13. The van der Waals surface area contributed by atoms with Crippen molar-refractivity contribution < 1.29 is 4.74 Å². The van der Waals surface area contributed by atoms with Crippen LogP contribution in [0.15, 0.2) is 48.5 Å². The van der Waals surface area contributed by atoms with Crippen LogP contribution in [0.2, 0.25) is 0 Å². The van der Waals surface area contributed by atoms with Gasteiger partial charge in [-0.25, -0.2) is 4.98 Å². The molecule has 2 aromatic carbocycles. The van der Waals surface area contributed by atoms with Gasteiger partial charge in [0.2, 0.25) is 0 Å². The quantitative estimate of drug-likeness (QED) is 0.747. The Kier molecular flexibility index (Phi) is 3.65. The minimum absolute atomic E-state index is 0.714. The van der Waals surface area contributed by atoms with Gasteiger partial charge in [-0.2, -0.15) is 0 Å². The zero-order valence-corrected chi connectivity index (χ0v) is 11.4. The molecule has 0 saturated carbocycles. The fourth-order valence-electron chi connectivity index (χ4n) is 2.17. The molecule has 0 aliphatic carbocycles. The Hall–Kier alpha value is -2.33. The maximum absolute atomic E-state index is 5.21. The van der Waals surface area contributed by atoms with Gasteiger partial charge in [0, 0.05) is 12.6 Å². The number of nitrogens with zero attached hydrogens (tertiary/aromatic N) is 1. The molecule has 0 fully saturated rings. The van der Waals surface area contributed by atoms with E-state index in [1.54, 1.807) is 7.11 Å². The van der Waals surface area contributed by atoms with Crippen molar-refractivity contribution in [3.8, 4) is 5.75 Å². The van der Waals surface area contributed by atoms with E-state index < -0.39 is 0 Å². The first-order valence-electron chi connectivity index (χ1n) is 6.62. The lowest BCUT2D eigenvalue weighted by Gasteiger charge is -2.02. The molecule has 0 unspecified atom stereocenters. The smallest absolute Gasteiger partial charge is 0.121 e. The van der Waals surface area contributed by atoms with Crippen LogP contribution < -0.4 is 10.1 Å². The summed E-state index contributed by atoms with van der Waals surface area (Å²) in [4.78, 5) is 7.85. The van der Waals surface area contributed by atoms with E-state index in [9.17, 15) is 0 Å². The second kappa shape index (κ2) is 5.75. The Labute approximate surface area is 117 Å². The van der Waals surface area contributed by atoms with Crippen molar-refractivity contribution in [2.24, 2.45) is 0 Å². The molecule has 102 valence electrons. The first-order chi connectivity index (χ1) is 9.85. The minimum Gasteiger partial charge on any atom is -0.497 e. The number of imidazole rings is 1. The molecule has 0 radical (unpaired) electrons. The summed E-state index contributed by atoms with van der Waals surface area (Å²) in [5.41, 5.74) is 3.23. The first kappa shape index (κ1) is 12.7. The Morgan fingerprint density at radius 3 is 2.75 bits per heavy atom. The van der Waals surface area contributed by atoms with Gasteiger partial charge < -0.3 is 15.0 Å². The number of fused-ring (bicyclic) bond motifs is 1. The van der Waals surface area contributed by atoms with Crippen LogP contribution in [0.25, 0.3) is 11.0 Å². The molecule has 0 spiro atoms. The van der Waals surface area contributed by atoms with Crippen LogP contribution in [-0.4, -0.2) is 17.1 Å². The van der Waals surface area contributed by atoms with Gasteiger partial charge >= 0.3 is 0 Å². The number of aromatic nitrogens is 2. The molecule has 4 nitrogen and oxygen atoms in total. The van der Waals surface area contributed by atoms with Crippen LogP contribution in [0, 0.1) is 0 Å². The summed E-state index contributed by atoms with van der Waals surface area (Å²) < 4.78 is 5.21. The van der Waals surface area contributed by atoms with Gasteiger partial charge in [-0.1, -0.05) is 30.3 Å². The summed E-state index contributed by atoms with van der Waals surface area (Å²) >= 11 is 0. The number of nitrogens with one attached hydrogen (secondary N) is 2. The van der Waals surface area contributed by atoms with E-state index in [1.165, 1.54) is 5.56 Å². The Morgan fingerprint density at radius 1 is 1.10 bits per heavy atom. The number of hydrogen-bond donors (Lipinski definition) is 2. The molecule has 0 aliphatic rings. The number of methoxy groups -OCH3 is 1. The van der Waals surface area contributed by atoms with Gasteiger partial charge in [0.25, 0.3) is 0 Å². The molecule has 20 heavy (non-hydrogen) atoms. The van der Waals surface area contributed by atoms with Crippen LogP contribution in [-0.2, 0) is 13.1 Å². The van der Waals surface area contributed by atoms with Gasteiger partial charge in [0.15, 0.2) is 0 Å². The topological polar surface area (TPSA) is 49.9 Å². The van der Waals surface area contributed by atoms with Crippen molar-refractivity contribution in [3.05, 3.63) is 59.9 Å². The van der Waals surface area contributed by atoms with E-state index in [4.69, 9.17) is 4.74 Å². The second-order valence-corrected chi connectivity index (χ2v) is 4.66. The van der Waals surface area contributed by atoms with Gasteiger partial charge in [-0.15, -0.1) is 0 Å². The SMILES string of the molecule is COc1ccc2nc(CNCc3ccccc3)[nH]c2c1. The van der Waals surface area contributed by atoms with Crippen LogP contribution in [0.4, 0.5) is 0 Å². The number of hydrogen-bond acceptors (Lipinski definition) is 3. The summed E-state index contributed by atoms with van der Waals surface area (Å²) in [6, 6.07) is 16.2. The fraction of sp³-hybridized carbons (Fsp3) is 0.188. The lowest BCUT2D eigenvalue weighted by atomic mass is 10.2. The zero-order valence-electron chi connectivity index (χ0n) is 11.4. The van der Waals surface area contributed by atoms with Crippen molar-refractivity contribution in [1.82, 2.24) is 15.3 Å². The van der Waals surface area contributed by atoms with Crippen LogP contribution in [0.5, 0.6) is 5.75 Å². The van der Waals surface area contributed by atoms with E-state index in [2.05, 4.69) is 27.4 Å². The van der Waals surface area contributed by atoms with Crippen LogP contribution >= 0.6 is 0 Å². The maximum Gasteiger partial charge on any atom is 0.121 e. The molecule has 0 saturated heterocycles. The van der Waals surface area contributed by atoms with Gasteiger partial charge in [0.1, 0.15) is 11.6 Å². The molecule has 0 atom stereocenters. The zero-order chi connectivity index (χ0) is 13.8. The van der Waals surface area contributed by atoms with E-state index in [0.29, 0.717) is 6.54 Å². The third kappa shape index (κ3) is 2.81. The van der Waals surface area contributed by atoms with E-state index in [-0.39, 0.29) is 0 Å². The first-order valence-corrected chi connectivity index (χ1v) is 6.62. The highest BCUT2D eigenvalue weighted by Gasteiger charge is 2.03. The number of ether oxygens (including phenoxy) is 1. The molecule has 1 heterocycles. The molecule has 3 aromatic rings. The average Bonchev–Trinajstić information content (AvgIpc) is 2.90. The number of H-pyrrole nitrogens is 1. The molecule has 4 heteroatoms. The van der Waals surface area contributed by atoms with Gasteiger partial charge in [-0.05, 0) is 17.7 Å². The largest absolute Gasteiger partial charge is 0.497 e.